The first kappa shape index (κ1) is 29.3. The lowest BCUT2D eigenvalue weighted by Gasteiger charge is -2.42. The maximum atomic E-state index is 15.5. The molecule has 0 saturated heterocycles. The van der Waals surface area contributed by atoms with E-state index in [-0.39, 0.29) is 21.9 Å². The number of imidazole rings is 1. The van der Waals surface area contributed by atoms with Crippen LogP contribution in [0, 0.1) is 5.82 Å². The Labute approximate surface area is 248 Å². The number of halogens is 3. The molecule has 6 rings (SSSR count). The van der Waals surface area contributed by atoms with Crippen molar-refractivity contribution in [2.24, 2.45) is 0 Å². The average Bonchev–Trinajstić information content (AvgIpc) is 3.38. The second-order valence-electron chi connectivity index (χ2n) is 13.2. The van der Waals surface area contributed by atoms with E-state index in [9.17, 15) is 13.6 Å². The molecule has 2 atom stereocenters. The summed E-state index contributed by atoms with van der Waals surface area (Å²) in [6.07, 6.45) is 3.56. The lowest BCUT2D eigenvalue weighted by atomic mass is 9.97. The van der Waals surface area contributed by atoms with Gasteiger partial charge in [-0.15, -0.1) is 0 Å². The number of alkyl halides is 2. The number of carbonyl (C=O) groups excluding carboxylic acids is 1. The molecule has 2 bridgehead atoms. The van der Waals surface area contributed by atoms with Crippen LogP contribution < -0.4 is 10.1 Å². The van der Waals surface area contributed by atoms with E-state index < -0.39 is 44.3 Å². The molecular formula is C31H34F3N5O3Si. The molecule has 4 aromatic rings. The molecule has 2 aromatic heterocycles. The van der Waals surface area contributed by atoms with Crippen molar-refractivity contribution >= 4 is 25.3 Å². The maximum Gasteiger partial charge on any atom is 0.387 e. The minimum absolute atomic E-state index is 0.00125. The largest absolute Gasteiger partial charge is 0.434 e. The molecule has 226 valence electrons. The third-order valence-corrected chi connectivity index (χ3v) is 13.5. The number of ether oxygens (including phenoxy) is 1. The fourth-order valence-corrected chi connectivity index (χ4v) is 7.54. The first-order valence-electron chi connectivity index (χ1n) is 14.2. The van der Waals surface area contributed by atoms with Crippen molar-refractivity contribution in [2.75, 3.05) is 0 Å². The Bertz CT molecular complexity index is 1750. The van der Waals surface area contributed by atoms with E-state index in [1.54, 1.807) is 24.5 Å². The van der Waals surface area contributed by atoms with Crippen molar-refractivity contribution < 1.29 is 27.1 Å². The molecule has 4 heterocycles. The third kappa shape index (κ3) is 4.90. The quantitative estimate of drug-likeness (QED) is 0.231. The highest BCUT2D eigenvalue weighted by Crippen LogP contribution is 2.48. The fraction of sp³-hybridized carbons (Fsp3) is 0.419. The zero-order valence-corrected chi connectivity index (χ0v) is 26.1. The van der Waals surface area contributed by atoms with Gasteiger partial charge >= 0.3 is 6.61 Å². The number of nitrogens with one attached hydrogen (secondary N) is 1. The molecule has 2 aliphatic rings. The molecule has 0 fully saturated rings. The highest BCUT2D eigenvalue weighted by atomic mass is 28.4. The minimum atomic E-state index is -3.06. The molecular weight excluding hydrogens is 575 g/mol. The first-order valence-corrected chi connectivity index (χ1v) is 17.1. The van der Waals surface area contributed by atoms with Crippen molar-refractivity contribution in [3.05, 3.63) is 71.3 Å². The van der Waals surface area contributed by atoms with Crippen LogP contribution in [0.25, 0.3) is 22.2 Å². The Kier molecular flexibility index (Phi) is 6.73. The third-order valence-electron chi connectivity index (χ3n) is 8.87. The molecule has 43 heavy (non-hydrogen) atoms. The van der Waals surface area contributed by atoms with Crippen LogP contribution in [0.3, 0.4) is 0 Å². The number of hydrogen-bond acceptors (Lipinski definition) is 6. The van der Waals surface area contributed by atoms with Gasteiger partial charge in [-0.25, -0.2) is 19.3 Å². The molecule has 0 unspecified atom stereocenters. The predicted octanol–water partition coefficient (Wildman–Crippen LogP) is 7.27. The summed E-state index contributed by atoms with van der Waals surface area (Å²) in [5.74, 6) is 0.0452. The summed E-state index contributed by atoms with van der Waals surface area (Å²) in [6, 6.07) is 6.53. The topological polar surface area (TPSA) is 91.2 Å². The van der Waals surface area contributed by atoms with Crippen molar-refractivity contribution in [2.45, 2.75) is 83.5 Å². The van der Waals surface area contributed by atoms with Crippen LogP contribution in [-0.2, 0) is 10.0 Å². The number of carbonyl (C=O) groups is 1. The smallest absolute Gasteiger partial charge is 0.387 e. The molecule has 2 aliphatic heterocycles. The summed E-state index contributed by atoms with van der Waals surface area (Å²) in [7, 11) is -2.13. The number of fused-ring (bicyclic) bond motifs is 9. The number of benzene rings is 2. The van der Waals surface area contributed by atoms with Gasteiger partial charge in [0.15, 0.2) is 14.1 Å². The first-order chi connectivity index (χ1) is 20.1. The van der Waals surface area contributed by atoms with E-state index in [0.29, 0.717) is 40.2 Å². The molecule has 1 amide bonds. The molecule has 1 N–H and O–H groups in total. The molecule has 2 aromatic carbocycles. The van der Waals surface area contributed by atoms with Crippen LogP contribution in [-0.4, -0.2) is 40.4 Å². The Morgan fingerprint density at radius 2 is 1.77 bits per heavy atom. The number of hydrogen-bond donors (Lipinski definition) is 1. The van der Waals surface area contributed by atoms with Gasteiger partial charge in [-0.2, -0.15) is 8.78 Å². The zero-order chi connectivity index (χ0) is 31.1. The van der Waals surface area contributed by atoms with E-state index in [2.05, 4.69) is 54.1 Å². The van der Waals surface area contributed by atoms with Crippen LogP contribution in [0.4, 0.5) is 13.2 Å². The van der Waals surface area contributed by atoms with Gasteiger partial charge in [0.05, 0.1) is 23.1 Å². The van der Waals surface area contributed by atoms with Crippen molar-refractivity contribution in [1.29, 1.82) is 0 Å². The van der Waals surface area contributed by atoms with Crippen LogP contribution in [0.2, 0.25) is 18.1 Å². The fourth-order valence-electron chi connectivity index (χ4n) is 5.87. The van der Waals surface area contributed by atoms with E-state index in [4.69, 9.17) is 9.16 Å². The average molecular weight is 610 g/mol. The maximum absolute atomic E-state index is 15.5. The number of rotatable bonds is 6. The molecule has 0 spiro atoms. The summed E-state index contributed by atoms with van der Waals surface area (Å²) in [5.41, 5.74) is 1.58. The standard InChI is InChI=1S/C31H34F3N5O3Si/c1-30(2,3)43(6,7)42-31(4,5)28-35-14-16(15-36-28)18-11-22-20(12-19(18)32)37-26-21-13-23(39(22)26)25-17(27(40)38-21)9-8-10-24(25)41-29(33)34/h8-12,14-15,21,23,29H,13H2,1-7H3,(H,38,40)/t21-,23-/m1/s1. The van der Waals surface area contributed by atoms with Gasteiger partial charge in [-0.05, 0) is 56.6 Å². The highest BCUT2D eigenvalue weighted by molar-refractivity contribution is 6.74. The Hall–Kier alpha value is -3.77. The van der Waals surface area contributed by atoms with Crippen LogP contribution in [0.1, 0.15) is 80.7 Å². The lowest BCUT2D eigenvalue weighted by molar-refractivity contribution is -0.0507. The normalized spacial score (nSPS) is 18.4. The van der Waals surface area contributed by atoms with Gasteiger partial charge < -0.3 is 19.0 Å². The molecule has 0 aliphatic carbocycles. The summed E-state index contributed by atoms with van der Waals surface area (Å²) in [4.78, 5) is 26.8. The second kappa shape index (κ2) is 9.88. The Morgan fingerprint density at radius 1 is 1.07 bits per heavy atom. The van der Waals surface area contributed by atoms with E-state index in [0.717, 1.165) is 0 Å². The van der Waals surface area contributed by atoms with Crippen LogP contribution in [0.15, 0.2) is 42.7 Å². The van der Waals surface area contributed by atoms with Gasteiger partial charge in [0.1, 0.15) is 23.0 Å². The monoisotopic (exact) mass is 609 g/mol. The SMILES string of the molecule is CC(C)(O[Si](C)(C)C(C)(C)C)c1ncc(-c2cc3c(cc2F)nc2n3[C@@H]3C[C@H]2NC(=O)c2cccc(OC(F)F)c23)cn1. The molecule has 12 heteroatoms. The van der Waals surface area contributed by atoms with Crippen molar-refractivity contribution in [3.8, 4) is 16.9 Å². The van der Waals surface area contributed by atoms with Gasteiger partial charge in [-0.3, -0.25) is 4.79 Å². The number of nitrogens with zero attached hydrogens (tertiary/aromatic N) is 4. The Morgan fingerprint density at radius 3 is 2.42 bits per heavy atom. The summed E-state index contributed by atoms with van der Waals surface area (Å²) in [6.45, 7) is 11.7. The van der Waals surface area contributed by atoms with Gasteiger partial charge in [0.2, 0.25) is 0 Å². The van der Waals surface area contributed by atoms with Crippen molar-refractivity contribution in [3.63, 3.8) is 0 Å². The van der Waals surface area contributed by atoms with Gasteiger partial charge in [0.25, 0.3) is 5.91 Å². The van der Waals surface area contributed by atoms with Crippen LogP contribution in [0.5, 0.6) is 5.75 Å². The van der Waals surface area contributed by atoms with E-state index in [1.807, 2.05) is 18.4 Å². The highest BCUT2D eigenvalue weighted by Gasteiger charge is 2.44. The van der Waals surface area contributed by atoms with Gasteiger partial charge in [-0.1, -0.05) is 26.8 Å². The minimum Gasteiger partial charge on any atom is -0.434 e. The van der Waals surface area contributed by atoms with E-state index >= 15 is 4.39 Å². The number of aromatic nitrogens is 4. The summed E-state index contributed by atoms with van der Waals surface area (Å²) >= 11 is 0. The number of amides is 1. The zero-order valence-electron chi connectivity index (χ0n) is 25.1. The molecule has 8 nitrogen and oxygen atoms in total. The Balaban J connectivity index is 1.41. The predicted molar refractivity (Wildman–Crippen MR) is 158 cm³/mol. The molecule has 0 saturated carbocycles. The van der Waals surface area contributed by atoms with Crippen LogP contribution >= 0.6 is 0 Å². The van der Waals surface area contributed by atoms with E-state index in [1.165, 1.54) is 18.2 Å². The summed E-state index contributed by atoms with van der Waals surface area (Å²) in [5, 5.41) is 2.94. The van der Waals surface area contributed by atoms with Gasteiger partial charge in [0, 0.05) is 40.7 Å². The lowest BCUT2D eigenvalue weighted by Crippen LogP contribution is -2.46. The molecule has 0 radical (unpaired) electrons. The van der Waals surface area contributed by atoms with Crippen molar-refractivity contribution in [1.82, 2.24) is 24.8 Å². The summed E-state index contributed by atoms with van der Waals surface area (Å²) < 4.78 is 55.5. The second-order valence-corrected chi connectivity index (χ2v) is 17.9.